The van der Waals surface area contributed by atoms with Gasteiger partial charge in [-0.1, -0.05) is 13.8 Å². The topological polar surface area (TPSA) is 146 Å². The third kappa shape index (κ3) is 5.41. The number of fused-ring (bicyclic) bond motifs is 1. The molecule has 3 atom stereocenters. The van der Waals surface area contributed by atoms with Gasteiger partial charge in [-0.3, -0.25) is 19.0 Å². The van der Waals surface area contributed by atoms with Gasteiger partial charge in [0.15, 0.2) is 6.10 Å². The Kier molecular flexibility index (Phi) is 7.11. The highest BCUT2D eigenvalue weighted by atomic mass is 19.4. The van der Waals surface area contributed by atoms with Gasteiger partial charge in [0.1, 0.15) is 12.1 Å². The van der Waals surface area contributed by atoms with Crippen LogP contribution < -0.4 is 22.1 Å². The SMILES string of the molecule is CC(O)Cn1c(=O)[nH]c2c(=O)n(CC(=O)NC(C(C)C)C(O)C(F)(F)F)ccc2c1=O. The highest BCUT2D eigenvalue weighted by Crippen LogP contribution is 2.25. The number of rotatable bonds is 7. The molecule has 2 heterocycles. The maximum Gasteiger partial charge on any atom is 0.416 e. The molecule has 0 aromatic carbocycles. The first kappa shape index (κ1) is 24.3. The predicted molar refractivity (Wildman–Crippen MR) is 104 cm³/mol. The predicted octanol–water partition coefficient (Wildman–Crippen LogP) is -0.704. The number of hydrogen-bond donors (Lipinski definition) is 4. The Labute approximate surface area is 172 Å². The lowest BCUT2D eigenvalue weighted by Crippen LogP contribution is -2.53. The summed E-state index contributed by atoms with van der Waals surface area (Å²) < 4.78 is 40.0. The number of alkyl halides is 3. The van der Waals surface area contributed by atoms with Crippen LogP contribution in [0.15, 0.2) is 26.6 Å². The smallest absolute Gasteiger partial charge is 0.392 e. The standard InChI is InChI=1S/C18H23F3N4O6/c1-8(2)12(14(28)18(19,20)21)22-11(27)7-24-5-4-10-13(16(24)30)23-17(31)25(15(10)29)6-9(3)26/h4-5,8-9,12,14,26,28H,6-7H2,1-3H3,(H,22,27)(H,23,31). The van der Waals surface area contributed by atoms with Gasteiger partial charge in [-0.25, -0.2) is 4.79 Å². The number of nitrogens with one attached hydrogen (secondary N) is 2. The van der Waals surface area contributed by atoms with Crippen LogP contribution in [0.1, 0.15) is 20.8 Å². The van der Waals surface area contributed by atoms with Gasteiger partial charge < -0.3 is 25.1 Å². The number of nitrogens with zero attached hydrogens (tertiary/aromatic N) is 2. The van der Waals surface area contributed by atoms with E-state index in [1.54, 1.807) is 0 Å². The second kappa shape index (κ2) is 9.06. The summed E-state index contributed by atoms with van der Waals surface area (Å²) in [7, 11) is 0. The number of pyridine rings is 1. The number of aliphatic hydroxyl groups excluding tert-OH is 2. The van der Waals surface area contributed by atoms with Crippen LogP contribution in [0.2, 0.25) is 0 Å². The number of hydrogen-bond acceptors (Lipinski definition) is 6. The summed E-state index contributed by atoms with van der Waals surface area (Å²) >= 11 is 0. The van der Waals surface area contributed by atoms with Crippen LogP contribution in [-0.4, -0.2) is 54.7 Å². The molecule has 0 aliphatic rings. The summed E-state index contributed by atoms with van der Waals surface area (Å²) in [5, 5.41) is 20.8. The molecule has 0 spiro atoms. The van der Waals surface area contributed by atoms with E-state index in [0.29, 0.717) is 0 Å². The van der Waals surface area contributed by atoms with E-state index in [9.17, 15) is 42.6 Å². The number of halogens is 3. The first-order valence-electron chi connectivity index (χ1n) is 9.32. The maximum atomic E-state index is 12.8. The fraction of sp³-hybridized carbons (Fsp3) is 0.556. The highest BCUT2D eigenvalue weighted by Gasteiger charge is 2.45. The quantitative estimate of drug-likeness (QED) is 0.440. The van der Waals surface area contributed by atoms with E-state index in [0.717, 1.165) is 15.3 Å². The monoisotopic (exact) mass is 448 g/mol. The van der Waals surface area contributed by atoms with Crippen molar-refractivity contribution < 1.29 is 28.2 Å². The number of carbonyl (C=O) groups excluding carboxylic acids is 1. The minimum Gasteiger partial charge on any atom is -0.392 e. The third-order valence-corrected chi connectivity index (χ3v) is 4.60. The molecule has 31 heavy (non-hydrogen) atoms. The Hall–Kier alpha value is -2.93. The summed E-state index contributed by atoms with van der Waals surface area (Å²) in [5.74, 6) is -1.74. The van der Waals surface area contributed by atoms with Crippen molar-refractivity contribution in [3.8, 4) is 0 Å². The second-order valence-corrected chi connectivity index (χ2v) is 7.56. The van der Waals surface area contributed by atoms with Gasteiger partial charge in [0, 0.05) is 6.20 Å². The van der Waals surface area contributed by atoms with Crippen LogP contribution in [0.3, 0.4) is 0 Å². The highest BCUT2D eigenvalue weighted by molar-refractivity contribution is 5.78. The molecule has 0 radical (unpaired) electrons. The van der Waals surface area contributed by atoms with Crippen LogP contribution in [0.5, 0.6) is 0 Å². The Morgan fingerprint density at radius 2 is 1.77 bits per heavy atom. The zero-order valence-electron chi connectivity index (χ0n) is 16.9. The first-order chi connectivity index (χ1) is 14.2. The molecule has 172 valence electrons. The molecule has 2 aromatic rings. The van der Waals surface area contributed by atoms with E-state index in [2.05, 4.69) is 10.3 Å². The van der Waals surface area contributed by atoms with Crippen molar-refractivity contribution in [1.29, 1.82) is 0 Å². The number of amides is 1. The van der Waals surface area contributed by atoms with Crippen molar-refractivity contribution in [1.82, 2.24) is 19.4 Å². The third-order valence-electron chi connectivity index (χ3n) is 4.60. The summed E-state index contributed by atoms with van der Waals surface area (Å²) in [6, 6.07) is -0.471. The van der Waals surface area contributed by atoms with E-state index >= 15 is 0 Å². The zero-order chi connectivity index (χ0) is 23.7. The van der Waals surface area contributed by atoms with Crippen molar-refractivity contribution >= 4 is 16.8 Å². The fourth-order valence-corrected chi connectivity index (χ4v) is 3.04. The van der Waals surface area contributed by atoms with Crippen molar-refractivity contribution in [3.63, 3.8) is 0 Å². The number of aromatic amines is 1. The van der Waals surface area contributed by atoms with Crippen LogP contribution >= 0.6 is 0 Å². The molecule has 0 saturated carbocycles. The Morgan fingerprint density at radius 1 is 1.16 bits per heavy atom. The number of aromatic nitrogens is 3. The normalized spacial score (nSPS) is 15.1. The summed E-state index contributed by atoms with van der Waals surface area (Å²) in [6.07, 6.45) is -7.66. The van der Waals surface area contributed by atoms with Gasteiger partial charge in [-0.2, -0.15) is 13.2 Å². The molecule has 3 unspecified atom stereocenters. The van der Waals surface area contributed by atoms with Gasteiger partial charge >= 0.3 is 11.9 Å². The van der Waals surface area contributed by atoms with Crippen LogP contribution in [0, 0.1) is 5.92 Å². The van der Waals surface area contributed by atoms with Crippen molar-refractivity contribution in [3.05, 3.63) is 43.5 Å². The van der Waals surface area contributed by atoms with Gasteiger partial charge in [-0.15, -0.1) is 0 Å². The lowest BCUT2D eigenvalue weighted by molar-refractivity contribution is -0.215. The molecular formula is C18H23F3N4O6. The lowest BCUT2D eigenvalue weighted by atomic mass is 9.98. The summed E-state index contributed by atoms with van der Waals surface area (Å²) in [4.78, 5) is 51.6. The van der Waals surface area contributed by atoms with Gasteiger partial charge in [-0.05, 0) is 18.9 Å². The molecule has 2 rings (SSSR count). The maximum absolute atomic E-state index is 12.8. The average Bonchev–Trinajstić information content (AvgIpc) is 2.64. The first-order valence-corrected chi connectivity index (χ1v) is 9.32. The molecule has 4 N–H and O–H groups in total. The molecule has 1 amide bonds. The summed E-state index contributed by atoms with van der Waals surface area (Å²) in [6.45, 7) is 3.12. The molecule has 0 saturated heterocycles. The average molecular weight is 448 g/mol. The van der Waals surface area contributed by atoms with Gasteiger partial charge in [0.25, 0.3) is 11.1 Å². The largest absolute Gasteiger partial charge is 0.416 e. The molecule has 0 fully saturated rings. The number of aliphatic hydroxyl groups is 2. The van der Waals surface area contributed by atoms with E-state index < -0.39 is 59.6 Å². The molecule has 0 aliphatic heterocycles. The molecule has 0 aliphatic carbocycles. The minimum absolute atomic E-state index is 0.158. The van der Waals surface area contributed by atoms with Crippen molar-refractivity contribution in [2.24, 2.45) is 5.92 Å². The molecule has 2 aromatic heterocycles. The Balaban J connectivity index is 2.37. The molecule has 10 nitrogen and oxygen atoms in total. The minimum atomic E-state index is -4.95. The van der Waals surface area contributed by atoms with E-state index in [1.807, 2.05) is 0 Å². The Morgan fingerprint density at radius 3 is 2.29 bits per heavy atom. The van der Waals surface area contributed by atoms with Crippen LogP contribution in [0.25, 0.3) is 10.9 Å². The second-order valence-electron chi connectivity index (χ2n) is 7.56. The number of H-pyrrole nitrogens is 1. The fourth-order valence-electron chi connectivity index (χ4n) is 3.04. The molecule has 0 bridgehead atoms. The van der Waals surface area contributed by atoms with E-state index in [1.165, 1.54) is 26.8 Å². The van der Waals surface area contributed by atoms with Crippen molar-refractivity contribution in [2.45, 2.75) is 58.3 Å². The number of carbonyl (C=O) groups is 1. The zero-order valence-corrected chi connectivity index (χ0v) is 16.9. The molecular weight excluding hydrogens is 425 g/mol. The lowest BCUT2D eigenvalue weighted by Gasteiger charge is -2.28. The van der Waals surface area contributed by atoms with Crippen molar-refractivity contribution in [2.75, 3.05) is 0 Å². The van der Waals surface area contributed by atoms with Gasteiger partial charge in [0.2, 0.25) is 5.91 Å². The Bertz CT molecular complexity index is 1130. The van der Waals surface area contributed by atoms with Crippen LogP contribution in [-0.2, 0) is 17.9 Å². The molecule has 13 heteroatoms. The van der Waals surface area contributed by atoms with Crippen LogP contribution in [0.4, 0.5) is 13.2 Å². The van der Waals surface area contributed by atoms with Gasteiger partial charge in [0.05, 0.1) is 24.1 Å². The van der Waals surface area contributed by atoms with E-state index in [4.69, 9.17) is 0 Å². The summed E-state index contributed by atoms with van der Waals surface area (Å²) in [5.41, 5.74) is -3.06. The van der Waals surface area contributed by atoms with E-state index in [-0.39, 0.29) is 17.4 Å².